The number of cyclic esters (lactones) is 1. The molecule has 0 aromatic heterocycles. The summed E-state index contributed by atoms with van der Waals surface area (Å²) in [5, 5.41) is 10.2. The molecule has 6 heteroatoms. The number of ketones is 1. The third-order valence-electron chi connectivity index (χ3n) is 4.75. The fourth-order valence-corrected chi connectivity index (χ4v) is 3.58. The van der Waals surface area contributed by atoms with Crippen LogP contribution in [-0.2, 0) is 23.8 Å². The molecular formula is C12H16O6. The van der Waals surface area contributed by atoms with Gasteiger partial charge in [-0.15, -0.1) is 0 Å². The van der Waals surface area contributed by atoms with Gasteiger partial charge < -0.3 is 19.3 Å². The minimum atomic E-state index is -1.37. The molecule has 6 nitrogen and oxygen atoms in total. The summed E-state index contributed by atoms with van der Waals surface area (Å²) >= 11 is 0. The molecule has 3 aliphatic rings. The van der Waals surface area contributed by atoms with E-state index in [2.05, 4.69) is 0 Å². The molecule has 1 saturated carbocycles. The van der Waals surface area contributed by atoms with Crippen LogP contribution in [0.4, 0.5) is 0 Å². The Morgan fingerprint density at radius 1 is 1.44 bits per heavy atom. The Labute approximate surface area is 104 Å². The lowest BCUT2D eigenvalue weighted by atomic mass is 9.63. The van der Waals surface area contributed by atoms with Crippen LogP contribution in [0.3, 0.4) is 0 Å². The molecule has 0 amide bonds. The fraction of sp³-hybridized carbons (Fsp3) is 0.833. The molecule has 18 heavy (non-hydrogen) atoms. The zero-order chi connectivity index (χ0) is 13.3. The first-order valence-electron chi connectivity index (χ1n) is 6.02. The number of rotatable bonds is 1. The molecule has 0 aromatic carbocycles. The molecule has 1 N–H and O–H groups in total. The Balaban J connectivity index is 2.16. The Hall–Kier alpha value is -0.980. The summed E-state index contributed by atoms with van der Waals surface area (Å²) in [5.41, 5.74) is -1.31. The van der Waals surface area contributed by atoms with Crippen molar-refractivity contribution < 1.29 is 28.9 Å². The molecule has 2 saturated heterocycles. The monoisotopic (exact) mass is 256 g/mol. The van der Waals surface area contributed by atoms with Crippen molar-refractivity contribution in [3.8, 4) is 0 Å². The van der Waals surface area contributed by atoms with Gasteiger partial charge in [0.1, 0.15) is 17.6 Å². The molecule has 0 radical (unpaired) electrons. The summed E-state index contributed by atoms with van der Waals surface area (Å²) in [4.78, 5) is 24.0. The Morgan fingerprint density at radius 3 is 2.72 bits per heavy atom. The second kappa shape index (κ2) is 3.31. The van der Waals surface area contributed by atoms with Crippen LogP contribution < -0.4 is 0 Å². The molecule has 0 aromatic rings. The number of hydrogen-bond acceptors (Lipinski definition) is 6. The highest BCUT2D eigenvalue weighted by Gasteiger charge is 2.77. The number of Topliss-reactive ketones (excluding diaryl/α,β-unsaturated/α-hetero) is 1. The van der Waals surface area contributed by atoms with Crippen molar-refractivity contribution in [2.45, 2.75) is 44.4 Å². The maximum Gasteiger partial charge on any atom is 0.321 e. The molecule has 1 aliphatic carbocycles. The third kappa shape index (κ3) is 1.05. The van der Waals surface area contributed by atoms with Gasteiger partial charge in [-0.1, -0.05) is 6.92 Å². The van der Waals surface area contributed by atoms with E-state index in [1.807, 2.05) is 6.92 Å². The minimum absolute atomic E-state index is 0.133. The molecule has 6 atom stereocenters. The average molecular weight is 256 g/mol. The van der Waals surface area contributed by atoms with Gasteiger partial charge in [-0.25, -0.2) is 0 Å². The van der Waals surface area contributed by atoms with Crippen LogP contribution in [0.2, 0.25) is 0 Å². The number of aliphatic hydroxyl groups is 1. The Morgan fingerprint density at radius 2 is 2.11 bits per heavy atom. The first kappa shape index (κ1) is 12.1. The zero-order valence-electron chi connectivity index (χ0n) is 10.5. The van der Waals surface area contributed by atoms with E-state index in [1.165, 1.54) is 7.11 Å². The number of aliphatic hydroxyl groups excluding tert-OH is 1. The van der Waals surface area contributed by atoms with E-state index in [0.29, 0.717) is 0 Å². The van der Waals surface area contributed by atoms with Crippen molar-refractivity contribution in [1.82, 2.24) is 0 Å². The van der Waals surface area contributed by atoms with E-state index in [4.69, 9.17) is 14.2 Å². The van der Waals surface area contributed by atoms with E-state index < -0.39 is 29.4 Å². The van der Waals surface area contributed by atoms with Crippen LogP contribution in [0, 0.1) is 11.3 Å². The number of hydrogen-bond donors (Lipinski definition) is 1. The maximum atomic E-state index is 12.2. The number of carbonyl (C=O) groups is 2. The summed E-state index contributed by atoms with van der Waals surface area (Å²) in [7, 11) is 1.41. The highest BCUT2D eigenvalue weighted by molar-refractivity contribution is 5.95. The van der Waals surface area contributed by atoms with E-state index in [0.717, 1.165) is 0 Å². The number of ether oxygens (including phenoxy) is 3. The van der Waals surface area contributed by atoms with E-state index >= 15 is 0 Å². The fourth-order valence-electron chi connectivity index (χ4n) is 3.58. The molecule has 1 spiro atoms. The van der Waals surface area contributed by atoms with Crippen molar-refractivity contribution in [2.75, 3.05) is 7.11 Å². The number of esters is 1. The van der Waals surface area contributed by atoms with Crippen LogP contribution in [0.15, 0.2) is 0 Å². The summed E-state index contributed by atoms with van der Waals surface area (Å²) in [6.07, 6.45) is -2.34. The Bertz CT molecular complexity index is 434. The normalized spacial score (nSPS) is 54.4. The summed E-state index contributed by atoms with van der Waals surface area (Å²) in [5.74, 6) is -2.48. The van der Waals surface area contributed by atoms with Crippen LogP contribution in [0.1, 0.15) is 20.3 Å². The predicted octanol–water partition coefficient (Wildman–Crippen LogP) is -0.371. The number of methoxy groups -OCH3 is 1. The van der Waals surface area contributed by atoms with Gasteiger partial charge in [-0.2, -0.15) is 0 Å². The van der Waals surface area contributed by atoms with Crippen molar-refractivity contribution in [3.05, 3.63) is 0 Å². The maximum absolute atomic E-state index is 12.2. The van der Waals surface area contributed by atoms with Gasteiger partial charge in [0.15, 0.2) is 5.78 Å². The minimum Gasteiger partial charge on any atom is -0.430 e. The van der Waals surface area contributed by atoms with E-state index in [-0.39, 0.29) is 24.2 Å². The van der Waals surface area contributed by atoms with Crippen molar-refractivity contribution in [2.24, 2.45) is 11.3 Å². The molecule has 6 unspecified atom stereocenters. The first-order chi connectivity index (χ1) is 8.37. The van der Waals surface area contributed by atoms with Crippen molar-refractivity contribution in [3.63, 3.8) is 0 Å². The van der Waals surface area contributed by atoms with E-state index in [9.17, 15) is 14.7 Å². The lowest BCUT2D eigenvalue weighted by Crippen LogP contribution is -2.56. The molecule has 3 fully saturated rings. The topological polar surface area (TPSA) is 82.1 Å². The lowest BCUT2D eigenvalue weighted by Gasteiger charge is -2.36. The van der Waals surface area contributed by atoms with Crippen LogP contribution in [0.25, 0.3) is 0 Å². The van der Waals surface area contributed by atoms with Gasteiger partial charge in [-0.05, 0) is 0 Å². The highest BCUT2D eigenvalue weighted by atomic mass is 16.7. The van der Waals surface area contributed by atoms with Gasteiger partial charge in [0, 0.05) is 26.4 Å². The van der Waals surface area contributed by atoms with Crippen LogP contribution in [-0.4, -0.2) is 48.1 Å². The summed E-state index contributed by atoms with van der Waals surface area (Å²) in [6.45, 7) is 3.40. The second-order valence-corrected chi connectivity index (χ2v) is 5.46. The van der Waals surface area contributed by atoms with Gasteiger partial charge >= 0.3 is 5.97 Å². The zero-order valence-corrected chi connectivity index (χ0v) is 10.5. The Kier molecular flexibility index (Phi) is 2.22. The van der Waals surface area contributed by atoms with Crippen molar-refractivity contribution >= 4 is 11.8 Å². The smallest absolute Gasteiger partial charge is 0.321 e. The van der Waals surface area contributed by atoms with Crippen molar-refractivity contribution in [1.29, 1.82) is 0 Å². The molecular weight excluding hydrogens is 240 g/mol. The summed E-state index contributed by atoms with van der Waals surface area (Å²) in [6, 6.07) is 0. The van der Waals surface area contributed by atoms with Gasteiger partial charge in [0.25, 0.3) is 0 Å². The van der Waals surface area contributed by atoms with Gasteiger partial charge in [0.2, 0.25) is 5.79 Å². The SMILES string of the molecule is COC1(C)OC(=O)C23C(O)C(=O)CC(OC12)C3C. The highest BCUT2D eigenvalue weighted by Crippen LogP contribution is 2.59. The standard InChI is InChI=1S/C12H16O6/c1-5-7-4-6(13)8(14)12(5)9(17-7)11(2,16-3)18-10(12)15/h5,7-9,14H,4H2,1-3H3. The van der Waals surface area contributed by atoms with E-state index in [1.54, 1.807) is 6.92 Å². The lowest BCUT2D eigenvalue weighted by molar-refractivity contribution is -0.231. The molecule has 2 aliphatic heterocycles. The molecule has 100 valence electrons. The molecule has 3 rings (SSSR count). The van der Waals surface area contributed by atoms with Crippen LogP contribution >= 0.6 is 0 Å². The largest absolute Gasteiger partial charge is 0.430 e. The third-order valence-corrected chi connectivity index (χ3v) is 4.75. The van der Waals surface area contributed by atoms with Gasteiger partial charge in [0.05, 0.1) is 6.10 Å². The van der Waals surface area contributed by atoms with Crippen LogP contribution in [0.5, 0.6) is 0 Å². The average Bonchev–Trinajstić information content (AvgIpc) is 2.68. The second-order valence-electron chi connectivity index (χ2n) is 5.46. The van der Waals surface area contributed by atoms with Gasteiger partial charge in [-0.3, -0.25) is 9.59 Å². The number of carbonyl (C=O) groups excluding carboxylic acids is 2. The predicted molar refractivity (Wildman–Crippen MR) is 57.4 cm³/mol. The molecule has 2 bridgehead atoms. The molecule has 2 heterocycles. The first-order valence-corrected chi connectivity index (χ1v) is 6.02. The number of fused-ring (bicyclic) bond motifs is 1. The quantitative estimate of drug-likeness (QED) is 0.645. The summed E-state index contributed by atoms with van der Waals surface area (Å²) < 4.78 is 16.2.